The Morgan fingerprint density at radius 2 is 2.21 bits per heavy atom. The van der Waals surface area contributed by atoms with Crippen LogP contribution in [0.2, 0.25) is 0 Å². The summed E-state index contributed by atoms with van der Waals surface area (Å²) in [5.41, 5.74) is 1.90. The number of aliphatic hydroxyl groups excluding tert-OH is 1. The molecule has 2 rings (SSSR count). The fraction of sp³-hybridized carbons (Fsp3) is 0.200. The molecule has 0 aliphatic rings. The summed E-state index contributed by atoms with van der Waals surface area (Å²) >= 11 is 0. The predicted octanol–water partition coefficient (Wildman–Crippen LogP) is 1.07. The molecule has 0 unspecified atom stereocenters. The smallest absolute Gasteiger partial charge is 0.153 e. The molecule has 0 amide bonds. The highest BCUT2D eigenvalue weighted by Crippen LogP contribution is 2.05. The molecular formula is C10H11N3O. The topological polar surface area (TPSA) is 50.9 Å². The maximum Gasteiger partial charge on any atom is 0.153 e. The van der Waals surface area contributed by atoms with E-state index in [0.29, 0.717) is 0 Å². The van der Waals surface area contributed by atoms with E-state index in [1.165, 1.54) is 0 Å². The Morgan fingerprint density at radius 1 is 1.36 bits per heavy atom. The van der Waals surface area contributed by atoms with Crippen LogP contribution in [0.25, 0.3) is 5.82 Å². The fourth-order valence-electron chi connectivity index (χ4n) is 1.18. The van der Waals surface area contributed by atoms with E-state index in [2.05, 4.69) is 10.1 Å². The van der Waals surface area contributed by atoms with E-state index in [0.717, 1.165) is 16.9 Å². The molecule has 0 saturated carbocycles. The molecular weight excluding hydrogens is 178 g/mol. The zero-order valence-electron chi connectivity index (χ0n) is 7.88. The molecule has 0 saturated heterocycles. The summed E-state index contributed by atoms with van der Waals surface area (Å²) < 4.78 is 1.70. The monoisotopic (exact) mass is 189 g/mol. The normalized spacial score (nSPS) is 10.4. The SMILES string of the molecule is Cc1cnn(-c2ccc(CO)cn2)c1. The maximum absolute atomic E-state index is 8.84. The molecule has 72 valence electrons. The standard InChI is InChI=1S/C10H11N3O/c1-8-4-12-13(6-8)10-3-2-9(7-14)5-11-10/h2-6,14H,7H2,1H3. The van der Waals surface area contributed by atoms with Gasteiger partial charge in [0.1, 0.15) is 0 Å². The minimum absolute atomic E-state index is 0.0193. The molecule has 0 aliphatic carbocycles. The molecule has 0 radical (unpaired) electrons. The van der Waals surface area contributed by atoms with Gasteiger partial charge in [0, 0.05) is 12.4 Å². The quantitative estimate of drug-likeness (QED) is 0.768. The van der Waals surface area contributed by atoms with Gasteiger partial charge >= 0.3 is 0 Å². The first-order chi connectivity index (χ1) is 6.79. The summed E-state index contributed by atoms with van der Waals surface area (Å²) in [4.78, 5) is 4.17. The van der Waals surface area contributed by atoms with Crippen molar-refractivity contribution in [3.63, 3.8) is 0 Å². The van der Waals surface area contributed by atoms with Gasteiger partial charge in [-0.25, -0.2) is 9.67 Å². The largest absolute Gasteiger partial charge is 0.392 e. The van der Waals surface area contributed by atoms with Crippen molar-refractivity contribution >= 4 is 0 Å². The summed E-state index contributed by atoms with van der Waals surface area (Å²) in [7, 11) is 0. The van der Waals surface area contributed by atoms with Crippen LogP contribution in [-0.4, -0.2) is 19.9 Å². The fourth-order valence-corrected chi connectivity index (χ4v) is 1.18. The highest BCUT2D eigenvalue weighted by atomic mass is 16.3. The average Bonchev–Trinajstić information content (AvgIpc) is 2.65. The second kappa shape index (κ2) is 3.59. The van der Waals surface area contributed by atoms with E-state index < -0.39 is 0 Å². The van der Waals surface area contributed by atoms with Crippen molar-refractivity contribution < 1.29 is 5.11 Å². The zero-order chi connectivity index (χ0) is 9.97. The van der Waals surface area contributed by atoms with Gasteiger partial charge in [0.15, 0.2) is 5.82 Å². The molecule has 1 N–H and O–H groups in total. The van der Waals surface area contributed by atoms with Crippen LogP contribution in [0.1, 0.15) is 11.1 Å². The lowest BCUT2D eigenvalue weighted by Gasteiger charge is -2.00. The number of pyridine rings is 1. The molecule has 0 spiro atoms. The molecule has 4 heteroatoms. The molecule has 0 atom stereocenters. The maximum atomic E-state index is 8.84. The second-order valence-electron chi connectivity index (χ2n) is 3.15. The van der Waals surface area contributed by atoms with Crippen molar-refractivity contribution in [3.05, 3.63) is 41.9 Å². The average molecular weight is 189 g/mol. The number of hydrogen-bond acceptors (Lipinski definition) is 3. The van der Waals surface area contributed by atoms with Crippen LogP contribution in [0, 0.1) is 6.92 Å². The van der Waals surface area contributed by atoms with Gasteiger partial charge in [-0.15, -0.1) is 0 Å². The molecule has 2 aromatic heterocycles. The Bertz CT molecular complexity index is 419. The van der Waals surface area contributed by atoms with Gasteiger partial charge in [0.05, 0.1) is 12.8 Å². The first-order valence-electron chi connectivity index (χ1n) is 4.37. The highest BCUT2D eigenvalue weighted by Gasteiger charge is 1.98. The van der Waals surface area contributed by atoms with Crippen molar-refractivity contribution in [2.45, 2.75) is 13.5 Å². The van der Waals surface area contributed by atoms with E-state index in [9.17, 15) is 0 Å². The van der Waals surface area contributed by atoms with Crippen LogP contribution in [0.15, 0.2) is 30.7 Å². The number of rotatable bonds is 2. The number of nitrogens with zero attached hydrogens (tertiary/aromatic N) is 3. The first-order valence-corrected chi connectivity index (χ1v) is 4.37. The van der Waals surface area contributed by atoms with Gasteiger partial charge < -0.3 is 5.11 Å². The van der Waals surface area contributed by atoms with Crippen LogP contribution in [0.3, 0.4) is 0 Å². The minimum Gasteiger partial charge on any atom is -0.392 e. The molecule has 0 bridgehead atoms. The molecule has 14 heavy (non-hydrogen) atoms. The summed E-state index contributed by atoms with van der Waals surface area (Å²) in [6.07, 6.45) is 5.33. The number of hydrogen-bond donors (Lipinski definition) is 1. The van der Waals surface area contributed by atoms with E-state index in [4.69, 9.17) is 5.11 Å². The third kappa shape index (κ3) is 1.65. The van der Waals surface area contributed by atoms with Gasteiger partial charge in [-0.3, -0.25) is 0 Å². The Labute approximate surface area is 81.8 Å². The van der Waals surface area contributed by atoms with Crippen molar-refractivity contribution in [3.8, 4) is 5.82 Å². The van der Waals surface area contributed by atoms with Crippen molar-refractivity contribution in [1.82, 2.24) is 14.8 Å². The predicted molar refractivity (Wildman–Crippen MR) is 52.0 cm³/mol. The van der Waals surface area contributed by atoms with Crippen molar-refractivity contribution in [1.29, 1.82) is 0 Å². The van der Waals surface area contributed by atoms with E-state index in [1.54, 1.807) is 17.1 Å². The Hall–Kier alpha value is -1.68. The highest BCUT2D eigenvalue weighted by molar-refractivity contribution is 5.25. The van der Waals surface area contributed by atoms with Gasteiger partial charge in [-0.05, 0) is 24.1 Å². The first kappa shape index (κ1) is 8.90. The van der Waals surface area contributed by atoms with Crippen LogP contribution >= 0.6 is 0 Å². The Morgan fingerprint density at radius 3 is 2.71 bits per heavy atom. The second-order valence-corrected chi connectivity index (χ2v) is 3.15. The van der Waals surface area contributed by atoms with Crippen LogP contribution < -0.4 is 0 Å². The Balaban J connectivity index is 2.33. The summed E-state index contributed by atoms with van der Waals surface area (Å²) in [6, 6.07) is 3.66. The molecule has 0 fully saturated rings. The summed E-state index contributed by atoms with van der Waals surface area (Å²) in [5.74, 6) is 0.760. The van der Waals surface area contributed by atoms with Crippen LogP contribution in [0.5, 0.6) is 0 Å². The molecule has 2 aromatic rings. The van der Waals surface area contributed by atoms with Crippen LogP contribution in [-0.2, 0) is 6.61 Å². The van der Waals surface area contributed by atoms with Crippen molar-refractivity contribution in [2.24, 2.45) is 0 Å². The molecule has 4 nitrogen and oxygen atoms in total. The minimum atomic E-state index is 0.0193. The third-order valence-corrected chi connectivity index (χ3v) is 1.94. The van der Waals surface area contributed by atoms with Gasteiger partial charge in [0.2, 0.25) is 0 Å². The Kier molecular flexibility index (Phi) is 2.28. The summed E-state index contributed by atoms with van der Waals surface area (Å²) in [6.45, 7) is 2.00. The summed E-state index contributed by atoms with van der Waals surface area (Å²) in [5, 5.41) is 13.0. The lowest BCUT2D eigenvalue weighted by Crippen LogP contribution is -1.98. The van der Waals surface area contributed by atoms with E-state index in [-0.39, 0.29) is 6.61 Å². The third-order valence-electron chi connectivity index (χ3n) is 1.94. The number of aromatic nitrogens is 3. The molecule has 0 aromatic carbocycles. The molecule has 2 heterocycles. The molecule has 0 aliphatic heterocycles. The van der Waals surface area contributed by atoms with Crippen LogP contribution in [0.4, 0.5) is 0 Å². The van der Waals surface area contributed by atoms with Gasteiger partial charge in [0.25, 0.3) is 0 Å². The zero-order valence-corrected chi connectivity index (χ0v) is 7.88. The van der Waals surface area contributed by atoms with Gasteiger partial charge in [-0.2, -0.15) is 5.10 Å². The number of aliphatic hydroxyl groups is 1. The van der Waals surface area contributed by atoms with Crippen molar-refractivity contribution in [2.75, 3.05) is 0 Å². The van der Waals surface area contributed by atoms with E-state index in [1.807, 2.05) is 25.3 Å². The van der Waals surface area contributed by atoms with E-state index >= 15 is 0 Å². The lowest BCUT2D eigenvalue weighted by atomic mass is 10.3. The number of aryl methyl sites for hydroxylation is 1. The van der Waals surface area contributed by atoms with Gasteiger partial charge in [-0.1, -0.05) is 6.07 Å². The lowest BCUT2D eigenvalue weighted by molar-refractivity contribution is 0.281.